The van der Waals surface area contributed by atoms with Crippen LogP contribution in [0, 0.1) is 12.7 Å². The SMILES string of the molecule is Cc1ccc(F)cc1C(O)C1CCCCS1. The van der Waals surface area contributed by atoms with E-state index in [1.165, 1.54) is 25.0 Å². The van der Waals surface area contributed by atoms with Crippen LogP contribution in [0.4, 0.5) is 4.39 Å². The zero-order chi connectivity index (χ0) is 11.5. The maximum absolute atomic E-state index is 13.2. The first kappa shape index (κ1) is 11.9. The topological polar surface area (TPSA) is 20.2 Å². The van der Waals surface area contributed by atoms with Crippen molar-refractivity contribution in [3.8, 4) is 0 Å². The summed E-state index contributed by atoms with van der Waals surface area (Å²) in [4.78, 5) is 0. The van der Waals surface area contributed by atoms with E-state index in [0.29, 0.717) is 0 Å². The van der Waals surface area contributed by atoms with Crippen molar-refractivity contribution in [3.63, 3.8) is 0 Å². The van der Waals surface area contributed by atoms with Crippen LogP contribution in [0.25, 0.3) is 0 Å². The Bertz CT molecular complexity index is 361. The maximum Gasteiger partial charge on any atom is 0.123 e. The first-order valence-corrected chi connectivity index (χ1v) is 6.79. The number of rotatable bonds is 2. The molecule has 0 bridgehead atoms. The van der Waals surface area contributed by atoms with Crippen LogP contribution in [0.1, 0.15) is 36.5 Å². The van der Waals surface area contributed by atoms with Crippen molar-refractivity contribution in [3.05, 3.63) is 35.1 Å². The summed E-state index contributed by atoms with van der Waals surface area (Å²) in [6.45, 7) is 1.92. The number of halogens is 1. The molecule has 16 heavy (non-hydrogen) atoms. The zero-order valence-corrected chi connectivity index (χ0v) is 10.3. The third-order valence-corrected chi connectivity index (χ3v) is 4.57. The molecular weight excluding hydrogens is 223 g/mol. The second-order valence-electron chi connectivity index (χ2n) is 4.35. The molecule has 1 fully saturated rings. The van der Waals surface area contributed by atoms with Crippen LogP contribution in [0.5, 0.6) is 0 Å². The Balaban J connectivity index is 2.18. The molecule has 0 aromatic heterocycles. The van der Waals surface area contributed by atoms with Crippen molar-refractivity contribution < 1.29 is 9.50 Å². The minimum Gasteiger partial charge on any atom is -0.387 e. The molecule has 1 aromatic carbocycles. The maximum atomic E-state index is 13.2. The highest BCUT2D eigenvalue weighted by atomic mass is 32.2. The number of thioether (sulfide) groups is 1. The summed E-state index contributed by atoms with van der Waals surface area (Å²) in [5, 5.41) is 10.5. The molecule has 1 aliphatic rings. The fraction of sp³-hybridized carbons (Fsp3) is 0.538. The quantitative estimate of drug-likeness (QED) is 0.854. The van der Waals surface area contributed by atoms with Gasteiger partial charge in [-0.15, -0.1) is 0 Å². The van der Waals surface area contributed by atoms with Gasteiger partial charge in [0.2, 0.25) is 0 Å². The van der Waals surface area contributed by atoms with Crippen LogP contribution < -0.4 is 0 Å². The fourth-order valence-corrected chi connectivity index (χ4v) is 3.48. The Kier molecular flexibility index (Phi) is 3.87. The van der Waals surface area contributed by atoms with E-state index in [0.717, 1.165) is 23.3 Å². The monoisotopic (exact) mass is 240 g/mol. The minimum absolute atomic E-state index is 0.231. The van der Waals surface area contributed by atoms with Crippen molar-refractivity contribution in [2.45, 2.75) is 37.5 Å². The van der Waals surface area contributed by atoms with Gasteiger partial charge in [-0.2, -0.15) is 11.8 Å². The first-order chi connectivity index (χ1) is 7.68. The summed E-state index contributed by atoms with van der Waals surface area (Å²) in [6.07, 6.45) is 2.90. The summed E-state index contributed by atoms with van der Waals surface area (Å²) in [5.41, 5.74) is 1.72. The number of benzene rings is 1. The van der Waals surface area contributed by atoms with Crippen LogP contribution in [-0.2, 0) is 0 Å². The van der Waals surface area contributed by atoms with Crippen LogP contribution in [0.3, 0.4) is 0 Å². The molecule has 0 aliphatic carbocycles. The highest BCUT2D eigenvalue weighted by Gasteiger charge is 2.24. The van der Waals surface area contributed by atoms with Crippen LogP contribution in [0.2, 0.25) is 0 Å². The highest BCUT2D eigenvalue weighted by molar-refractivity contribution is 7.99. The van der Waals surface area contributed by atoms with Crippen LogP contribution in [0.15, 0.2) is 18.2 Å². The molecule has 1 nitrogen and oxygen atoms in total. The van der Waals surface area contributed by atoms with E-state index >= 15 is 0 Å². The summed E-state index contributed by atoms with van der Waals surface area (Å²) in [6, 6.07) is 4.65. The molecule has 2 unspecified atom stereocenters. The summed E-state index contributed by atoms with van der Waals surface area (Å²) in [7, 11) is 0. The lowest BCUT2D eigenvalue weighted by atomic mass is 9.98. The number of aliphatic hydroxyl groups is 1. The standard InChI is InChI=1S/C13H17FOS/c1-9-5-6-10(14)8-11(9)13(15)12-4-2-3-7-16-12/h5-6,8,12-13,15H,2-4,7H2,1H3. The van der Waals surface area contributed by atoms with Gasteiger partial charge in [0.1, 0.15) is 5.82 Å². The lowest BCUT2D eigenvalue weighted by Gasteiger charge is -2.27. The second kappa shape index (κ2) is 5.19. The Morgan fingerprint density at radius 2 is 2.25 bits per heavy atom. The van der Waals surface area contributed by atoms with E-state index in [4.69, 9.17) is 0 Å². The normalized spacial score (nSPS) is 23.1. The molecule has 88 valence electrons. The molecular formula is C13H17FOS. The van der Waals surface area contributed by atoms with Gasteiger partial charge in [-0.3, -0.25) is 0 Å². The third kappa shape index (κ3) is 2.58. The smallest absolute Gasteiger partial charge is 0.123 e. The lowest BCUT2D eigenvalue weighted by molar-refractivity contribution is 0.167. The van der Waals surface area contributed by atoms with Crippen molar-refractivity contribution in [1.29, 1.82) is 0 Å². The third-order valence-electron chi connectivity index (χ3n) is 3.13. The number of hydrogen-bond acceptors (Lipinski definition) is 2. The molecule has 2 atom stereocenters. The Labute approximate surface area is 100 Å². The van der Waals surface area contributed by atoms with Crippen molar-refractivity contribution >= 4 is 11.8 Å². The van der Waals surface area contributed by atoms with Crippen molar-refractivity contribution in [1.82, 2.24) is 0 Å². The molecule has 1 aromatic rings. The molecule has 1 heterocycles. The van der Waals surface area contributed by atoms with E-state index < -0.39 is 6.10 Å². The van der Waals surface area contributed by atoms with Gasteiger partial charge in [0, 0.05) is 5.25 Å². The molecule has 1 aliphatic heterocycles. The van der Waals surface area contributed by atoms with E-state index in [-0.39, 0.29) is 11.1 Å². The van der Waals surface area contributed by atoms with E-state index in [1.54, 1.807) is 6.07 Å². The van der Waals surface area contributed by atoms with Crippen molar-refractivity contribution in [2.75, 3.05) is 5.75 Å². The minimum atomic E-state index is -0.527. The first-order valence-electron chi connectivity index (χ1n) is 5.74. The Morgan fingerprint density at radius 1 is 1.44 bits per heavy atom. The van der Waals surface area contributed by atoms with Gasteiger partial charge in [-0.25, -0.2) is 4.39 Å². The largest absolute Gasteiger partial charge is 0.387 e. The van der Waals surface area contributed by atoms with Gasteiger partial charge < -0.3 is 5.11 Å². The molecule has 1 saturated heterocycles. The Morgan fingerprint density at radius 3 is 2.94 bits per heavy atom. The second-order valence-corrected chi connectivity index (χ2v) is 5.70. The predicted molar refractivity (Wildman–Crippen MR) is 66.2 cm³/mol. The molecule has 3 heteroatoms. The highest BCUT2D eigenvalue weighted by Crippen LogP contribution is 2.35. The molecule has 2 rings (SSSR count). The van der Waals surface area contributed by atoms with Gasteiger partial charge in [0.25, 0.3) is 0 Å². The van der Waals surface area contributed by atoms with Crippen LogP contribution >= 0.6 is 11.8 Å². The number of aryl methyl sites for hydroxylation is 1. The van der Waals surface area contributed by atoms with E-state index in [1.807, 2.05) is 18.7 Å². The van der Waals surface area contributed by atoms with Gasteiger partial charge in [0.15, 0.2) is 0 Å². The summed E-state index contributed by atoms with van der Waals surface area (Å²) in [5.74, 6) is 0.844. The molecule has 0 spiro atoms. The summed E-state index contributed by atoms with van der Waals surface area (Å²) >= 11 is 1.81. The molecule has 0 saturated carbocycles. The van der Waals surface area contributed by atoms with E-state index in [2.05, 4.69) is 0 Å². The fourth-order valence-electron chi connectivity index (χ4n) is 2.14. The zero-order valence-electron chi connectivity index (χ0n) is 9.45. The summed E-state index contributed by atoms with van der Waals surface area (Å²) < 4.78 is 13.2. The van der Waals surface area contributed by atoms with Crippen molar-refractivity contribution in [2.24, 2.45) is 0 Å². The van der Waals surface area contributed by atoms with Gasteiger partial charge in [-0.1, -0.05) is 12.5 Å². The van der Waals surface area contributed by atoms with Gasteiger partial charge in [0.05, 0.1) is 6.10 Å². The number of aliphatic hydroxyl groups excluding tert-OH is 1. The van der Waals surface area contributed by atoms with Crippen LogP contribution in [-0.4, -0.2) is 16.1 Å². The van der Waals surface area contributed by atoms with Gasteiger partial charge >= 0.3 is 0 Å². The Hall–Kier alpha value is -0.540. The molecule has 0 radical (unpaired) electrons. The van der Waals surface area contributed by atoms with E-state index in [9.17, 15) is 9.50 Å². The van der Waals surface area contributed by atoms with Gasteiger partial charge in [-0.05, 0) is 48.8 Å². The average Bonchev–Trinajstić information content (AvgIpc) is 2.32. The molecule has 0 amide bonds. The number of hydrogen-bond donors (Lipinski definition) is 1. The lowest BCUT2D eigenvalue weighted by Crippen LogP contribution is -2.19. The average molecular weight is 240 g/mol. The predicted octanol–water partition coefficient (Wildman–Crippen LogP) is 3.45. The molecule has 1 N–H and O–H groups in total.